The molecule has 3 rings (SSSR count). The number of benzene rings is 2. The van der Waals surface area contributed by atoms with Gasteiger partial charge < -0.3 is 15.2 Å². The molecule has 1 saturated heterocycles. The maximum atomic E-state index is 11.6. The molecule has 0 aliphatic carbocycles. The van der Waals surface area contributed by atoms with E-state index in [1.165, 1.54) is 11.8 Å². The third-order valence-electron chi connectivity index (χ3n) is 3.16. The Morgan fingerprint density at radius 3 is 2.22 bits per heavy atom. The van der Waals surface area contributed by atoms with Crippen molar-refractivity contribution in [1.29, 1.82) is 0 Å². The Kier molecular flexibility index (Phi) is 4.76. The summed E-state index contributed by atoms with van der Waals surface area (Å²) >= 11 is 6.21. The molecular weight excluding hydrogens is 330 g/mol. The van der Waals surface area contributed by atoms with Gasteiger partial charge in [-0.2, -0.15) is 0 Å². The fourth-order valence-corrected chi connectivity index (χ4v) is 3.05. The minimum absolute atomic E-state index is 0.0126. The number of hydrogen-bond donors (Lipinski definition) is 2. The standard InChI is InChI=1S/C17H13NO3S2/c19-10-12-3-7-14(8-4-12)21-13-5-1-11(2-6-13)9-15-16(20)18-17(22)23-15/h1-9,19H,10H2,(H,18,20,22)/b15-9+. The number of aliphatic hydroxyl groups excluding tert-OH is 1. The Labute approximate surface area is 143 Å². The molecule has 0 atom stereocenters. The molecule has 0 spiro atoms. The molecule has 1 aliphatic rings. The molecule has 4 nitrogen and oxygen atoms in total. The minimum Gasteiger partial charge on any atom is -0.457 e. The Balaban J connectivity index is 1.70. The molecule has 0 bridgehead atoms. The van der Waals surface area contributed by atoms with Crippen molar-refractivity contribution in [3.05, 3.63) is 64.6 Å². The third-order valence-corrected chi connectivity index (χ3v) is 4.32. The van der Waals surface area contributed by atoms with Gasteiger partial charge in [-0.15, -0.1) is 0 Å². The molecule has 1 aliphatic heterocycles. The Morgan fingerprint density at radius 1 is 1.09 bits per heavy atom. The van der Waals surface area contributed by atoms with E-state index in [0.29, 0.717) is 20.7 Å². The predicted octanol–water partition coefficient (Wildman–Crippen LogP) is 3.46. The molecule has 2 aromatic rings. The topological polar surface area (TPSA) is 58.6 Å². The molecule has 6 heteroatoms. The van der Waals surface area contributed by atoms with Gasteiger partial charge in [0, 0.05) is 0 Å². The second-order valence-electron chi connectivity index (χ2n) is 4.83. The van der Waals surface area contributed by atoms with E-state index in [-0.39, 0.29) is 12.5 Å². The number of carbonyl (C=O) groups excluding carboxylic acids is 1. The number of rotatable bonds is 4. The van der Waals surface area contributed by atoms with Crippen LogP contribution in [0.15, 0.2) is 53.4 Å². The zero-order valence-electron chi connectivity index (χ0n) is 12.0. The number of thiocarbonyl (C=S) groups is 1. The quantitative estimate of drug-likeness (QED) is 0.658. The van der Waals surface area contributed by atoms with Gasteiger partial charge in [-0.25, -0.2) is 0 Å². The summed E-state index contributed by atoms with van der Waals surface area (Å²) in [5.41, 5.74) is 1.74. The normalized spacial score (nSPS) is 15.8. The van der Waals surface area contributed by atoms with E-state index in [4.69, 9.17) is 22.1 Å². The van der Waals surface area contributed by atoms with Crippen molar-refractivity contribution in [2.24, 2.45) is 0 Å². The maximum Gasteiger partial charge on any atom is 0.263 e. The molecule has 0 aromatic heterocycles. The molecule has 116 valence electrons. The molecule has 2 aromatic carbocycles. The maximum absolute atomic E-state index is 11.6. The van der Waals surface area contributed by atoms with E-state index >= 15 is 0 Å². The monoisotopic (exact) mass is 343 g/mol. The summed E-state index contributed by atoms with van der Waals surface area (Å²) < 4.78 is 6.21. The van der Waals surface area contributed by atoms with Gasteiger partial charge >= 0.3 is 0 Å². The number of thioether (sulfide) groups is 1. The predicted molar refractivity (Wildman–Crippen MR) is 95.2 cm³/mol. The van der Waals surface area contributed by atoms with Gasteiger partial charge in [-0.3, -0.25) is 4.79 Å². The van der Waals surface area contributed by atoms with Crippen LogP contribution >= 0.6 is 24.0 Å². The minimum atomic E-state index is -0.163. The third kappa shape index (κ3) is 3.98. The SMILES string of the molecule is O=C1NC(=S)S/C1=C/c1ccc(Oc2ccc(CO)cc2)cc1. The van der Waals surface area contributed by atoms with Crippen LogP contribution in [0.2, 0.25) is 0 Å². The number of ether oxygens (including phenoxy) is 1. The van der Waals surface area contributed by atoms with Gasteiger partial charge in [0.1, 0.15) is 15.8 Å². The fraction of sp³-hybridized carbons (Fsp3) is 0.0588. The molecule has 0 radical (unpaired) electrons. The fourth-order valence-electron chi connectivity index (χ4n) is 2.00. The van der Waals surface area contributed by atoms with Crippen molar-refractivity contribution in [1.82, 2.24) is 5.32 Å². The van der Waals surface area contributed by atoms with E-state index in [2.05, 4.69) is 5.32 Å². The molecule has 0 saturated carbocycles. The summed E-state index contributed by atoms with van der Waals surface area (Å²) in [6, 6.07) is 14.7. The Bertz CT molecular complexity index is 767. The van der Waals surface area contributed by atoms with Gasteiger partial charge in [-0.05, 0) is 41.5 Å². The largest absolute Gasteiger partial charge is 0.457 e. The summed E-state index contributed by atoms with van der Waals surface area (Å²) in [7, 11) is 0. The highest BCUT2D eigenvalue weighted by Crippen LogP contribution is 2.27. The molecule has 23 heavy (non-hydrogen) atoms. The molecular formula is C17H13NO3S2. The number of aliphatic hydroxyl groups is 1. The van der Waals surface area contributed by atoms with Crippen molar-refractivity contribution < 1.29 is 14.6 Å². The van der Waals surface area contributed by atoms with E-state index in [0.717, 1.165) is 11.1 Å². The van der Waals surface area contributed by atoms with E-state index in [9.17, 15) is 4.79 Å². The average molecular weight is 343 g/mol. The highest BCUT2D eigenvalue weighted by molar-refractivity contribution is 8.26. The lowest BCUT2D eigenvalue weighted by molar-refractivity contribution is -0.115. The van der Waals surface area contributed by atoms with Gasteiger partial charge in [0.05, 0.1) is 11.5 Å². The lowest BCUT2D eigenvalue weighted by Gasteiger charge is -2.06. The lowest BCUT2D eigenvalue weighted by Crippen LogP contribution is -2.17. The lowest BCUT2D eigenvalue weighted by atomic mass is 10.2. The van der Waals surface area contributed by atoms with E-state index in [1.54, 1.807) is 6.08 Å². The summed E-state index contributed by atoms with van der Waals surface area (Å²) in [4.78, 5) is 12.2. The van der Waals surface area contributed by atoms with Crippen molar-refractivity contribution >= 4 is 40.3 Å². The summed E-state index contributed by atoms with van der Waals surface area (Å²) in [5, 5.41) is 11.6. The van der Waals surface area contributed by atoms with Gasteiger partial charge in [-0.1, -0.05) is 48.2 Å². The number of hydrogen-bond acceptors (Lipinski definition) is 5. The van der Waals surface area contributed by atoms with Crippen molar-refractivity contribution in [3.63, 3.8) is 0 Å². The van der Waals surface area contributed by atoms with Crippen LogP contribution in [0, 0.1) is 0 Å². The highest BCUT2D eigenvalue weighted by Gasteiger charge is 2.21. The van der Waals surface area contributed by atoms with Crippen molar-refractivity contribution in [2.75, 3.05) is 0 Å². The van der Waals surface area contributed by atoms with E-state index in [1.807, 2.05) is 48.5 Å². The van der Waals surface area contributed by atoms with Crippen LogP contribution in [0.25, 0.3) is 6.08 Å². The number of nitrogens with one attached hydrogen (secondary N) is 1. The first-order valence-electron chi connectivity index (χ1n) is 6.86. The number of carbonyl (C=O) groups is 1. The van der Waals surface area contributed by atoms with Gasteiger partial charge in [0.15, 0.2) is 0 Å². The summed E-state index contributed by atoms with van der Waals surface area (Å²) in [5.74, 6) is 1.23. The second kappa shape index (κ2) is 6.95. The summed E-state index contributed by atoms with van der Waals surface area (Å²) in [6.07, 6.45) is 1.79. The average Bonchev–Trinajstić information content (AvgIpc) is 2.87. The van der Waals surface area contributed by atoms with Crippen LogP contribution in [0.5, 0.6) is 11.5 Å². The Hall–Kier alpha value is -2.15. The van der Waals surface area contributed by atoms with Gasteiger partial charge in [0.25, 0.3) is 5.91 Å². The first-order chi connectivity index (χ1) is 11.1. The van der Waals surface area contributed by atoms with Crippen LogP contribution in [-0.4, -0.2) is 15.3 Å². The zero-order chi connectivity index (χ0) is 16.2. The summed E-state index contributed by atoms with van der Waals surface area (Å²) in [6.45, 7) is 0.0126. The van der Waals surface area contributed by atoms with Crippen LogP contribution in [0.3, 0.4) is 0 Å². The van der Waals surface area contributed by atoms with Crippen molar-refractivity contribution in [3.8, 4) is 11.5 Å². The first-order valence-corrected chi connectivity index (χ1v) is 8.09. The molecule has 1 heterocycles. The molecule has 1 fully saturated rings. The molecule has 1 amide bonds. The number of amides is 1. The van der Waals surface area contributed by atoms with Crippen LogP contribution in [-0.2, 0) is 11.4 Å². The Morgan fingerprint density at radius 2 is 1.70 bits per heavy atom. The smallest absolute Gasteiger partial charge is 0.263 e. The molecule has 0 unspecified atom stereocenters. The first kappa shape index (κ1) is 15.7. The highest BCUT2D eigenvalue weighted by atomic mass is 32.2. The van der Waals surface area contributed by atoms with Crippen LogP contribution < -0.4 is 10.1 Å². The van der Waals surface area contributed by atoms with Crippen LogP contribution in [0.4, 0.5) is 0 Å². The van der Waals surface area contributed by atoms with Crippen molar-refractivity contribution in [2.45, 2.75) is 6.61 Å². The molecule has 2 N–H and O–H groups in total. The van der Waals surface area contributed by atoms with Crippen LogP contribution in [0.1, 0.15) is 11.1 Å². The second-order valence-corrected chi connectivity index (χ2v) is 6.54. The zero-order valence-corrected chi connectivity index (χ0v) is 13.6. The van der Waals surface area contributed by atoms with Gasteiger partial charge in [0.2, 0.25) is 0 Å². The van der Waals surface area contributed by atoms with E-state index < -0.39 is 0 Å².